The molecule has 9 heteroatoms. The van der Waals surface area contributed by atoms with Gasteiger partial charge in [0.25, 0.3) is 0 Å². The summed E-state index contributed by atoms with van der Waals surface area (Å²) in [6.45, 7) is 0. The van der Waals surface area contributed by atoms with E-state index in [9.17, 15) is 18.0 Å². The van der Waals surface area contributed by atoms with Gasteiger partial charge in [-0.05, 0) is 48.5 Å². The van der Waals surface area contributed by atoms with E-state index in [1.165, 1.54) is 48.5 Å². The molecule has 2 amide bonds. The minimum atomic E-state index is -3.70. The van der Waals surface area contributed by atoms with E-state index in [1.54, 1.807) is 0 Å². The first-order chi connectivity index (χ1) is 11.9. The fraction of sp³-hybridized carbons (Fsp3) is 0.125. The number of amides is 2. The van der Waals surface area contributed by atoms with E-state index in [-0.39, 0.29) is 33.1 Å². The largest absolute Gasteiger partial charge is 0.325 e. The summed E-state index contributed by atoms with van der Waals surface area (Å²) in [5, 5.41) is 5.17. The average molecular weight is 397 g/mol. The summed E-state index contributed by atoms with van der Waals surface area (Å²) in [6, 6.07) is 11.7. The molecule has 0 saturated heterocycles. The quantitative estimate of drug-likeness (QED) is 0.564. The zero-order chi connectivity index (χ0) is 18.4. The van der Waals surface area contributed by atoms with Crippen LogP contribution in [0.2, 0.25) is 0 Å². The summed E-state index contributed by atoms with van der Waals surface area (Å²) in [5.74, 6) is -0.484. The second kappa shape index (κ2) is 8.41. The Bertz CT molecular complexity index is 796. The SMILES string of the molecule is O=C(CS)Nc1ccc(S(=O)(=O)c2ccc(NC(=O)CS)cc2)cc1. The number of benzene rings is 2. The van der Waals surface area contributed by atoms with E-state index in [2.05, 4.69) is 35.9 Å². The molecule has 0 unspecified atom stereocenters. The number of carbonyl (C=O) groups is 2. The van der Waals surface area contributed by atoms with Crippen LogP contribution in [0.4, 0.5) is 11.4 Å². The van der Waals surface area contributed by atoms with Crippen molar-refractivity contribution in [3.63, 3.8) is 0 Å². The normalized spacial score (nSPS) is 11.0. The van der Waals surface area contributed by atoms with Crippen molar-refractivity contribution in [2.45, 2.75) is 9.79 Å². The summed E-state index contributed by atoms with van der Waals surface area (Å²) in [5.41, 5.74) is 0.977. The molecule has 2 rings (SSSR count). The van der Waals surface area contributed by atoms with Crippen LogP contribution in [0.3, 0.4) is 0 Å². The Hall–Kier alpha value is -1.97. The third-order valence-electron chi connectivity index (χ3n) is 3.18. The molecule has 6 nitrogen and oxygen atoms in total. The summed E-state index contributed by atoms with van der Waals surface area (Å²) < 4.78 is 25.2. The number of rotatable bonds is 6. The van der Waals surface area contributed by atoms with Crippen molar-refractivity contribution < 1.29 is 18.0 Å². The lowest BCUT2D eigenvalue weighted by molar-refractivity contribution is -0.114. The van der Waals surface area contributed by atoms with Crippen LogP contribution in [0.15, 0.2) is 58.3 Å². The maximum atomic E-state index is 12.6. The van der Waals surface area contributed by atoms with Crippen LogP contribution in [0.5, 0.6) is 0 Å². The van der Waals surface area contributed by atoms with Crippen molar-refractivity contribution >= 4 is 58.3 Å². The predicted octanol–water partition coefficient (Wildman–Crippen LogP) is 2.26. The van der Waals surface area contributed by atoms with Gasteiger partial charge in [0.1, 0.15) is 0 Å². The lowest BCUT2D eigenvalue weighted by Gasteiger charge is -2.08. The molecule has 0 bridgehead atoms. The molecule has 0 heterocycles. The minimum Gasteiger partial charge on any atom is -0.325 e. The third-order valence-corrected chi connectivity index (χ3v) is 5.54. The first kappa shape index (κ1) is 19.4. The highest BCUT2D eigenvalue weighted by Gasteiger charge is 2.17. The molecule has 0 aliphatic heterocycles. The molecule has 2 aromatic rings. The van der Waals surface area contributed by atoms with Crippen molar-refractivity contribution in [2.75, 3.05) is 22.1 Å². The van der Waals surface area contributed by atoms with Gasteiger partial charge in [0.2, 0.25) is 21.7 Å². The Labute approximate surface area is 156 Å². The monoisotopic (exact) mass is 396 g/mol. The Morgan fingerprint density at radius 1 is 0.720 bits per heavy atom. The standard InChI is InChI=1S/C16H16N2O4S3/c19-15(9-23)17-11-1-5-13(6-2-11)25(21,22)14-7-3-12(4-8-14)18-16(20)10-24/h1-8,23-24H,9-10H2,(H,17,19)(H,18,20). The molecule has 0 aliphatic carbocycles. The molecule has 0 spiro atoms. The van der Waals surface area contributed by atoms with Gasteiger partial charge < -0.3 is 10.6 Å². The molecule has 0 aliphatic rings. The molecule has 0 fully saturated rings. The van der Waals surface area contributed by atoms with Crippen LogP contribution in [0.25, 0.3) is 0 Å². The lowest BCUT2D eigenvalue weighted by Crippen LogP contribution is -2.13. The van der Waals surface area contributed by atoms with Gasteiger partial charge in [-0.3, -0.25) is 9.59 Å². The number of carbonyl (C=O) groups excluding carboxylic acids is 2. The Morgan fingerprint density at radius 2 is 1.04 bits per heavy atom. The van der Waals surface area contributed by atoms with E-state index in [1.807, 2.05) is 0 Å². The number of nitrogens with one attached hydrogen (secondary N) is 2. The molecule has 25 heavy (non-hydrogen) atoms. The number of hydrogen-bond donors (Lipinski definition) is 4. The summed E-state index contributed by atoms with van der Waals surface area (Å²) in [7, 11) is -3.70. The molecule has 0 atom stereocenters. The summed E-state index contributed by atoms with van der Waals surface area (Å²) in [6.07, 6.45) is 0. The van der Waals surface area contributed by atoms with E-state index in [4.69, 9.17) is 0 Å². The van der Waals surface area contributed by atoms with E-state index in [0.717, 1.165) is 0 Å². The van der Waals surface area contributed by atoms with Crippen molar-refractivity contribution in [3.8, 4) is 0 Å². The van der Waals surface area contributed by atoms with Crippen molar-refractivity contribution in [2.24, 2.45) is 0 Å². The van der Waals surface area contributed by atoms with Gasteiger partial charge in [0, 0.05) is 11.4 Å². The zero-order valence-electron chi connectivity index (χ0n) is 13.0. The van der Waals surface area contributed by atoms with E-state index >= 15 is 0 Å². The Balaban J connectivity index is 2.20. The van der Waals surface area contributed by atoms with Crippen LogP contribution in [0.1, 0.15) is 0 Å². The fourth-order valence-corrected chi connectivity index (χ4v) is 3.39. The van der Waals surface area contributed by atoms with Crippen LogP contribution >= 0.6 is 25.3 Å². The highest BCUT2D eigenvalue weighted by molar-refractivity contribution is 7.91. The third kappa shape index (κ3) is 5.00. The number of sulfone groups is 1. The molecule has 2 aromatic carbocycles. The molecular weight excluding hydrogens is 380 g/mol. The summed E-state index contributed by atoms with van der Waals surface area (Å²) in [4.78, 5) is 22.7. The Morgan fingerprint density at radius 3 is 1.32 bits per heavy atom. The number of hydrogen-bond acceptors (Lipinski definition) is 6. The average Bonchev–Trinajstić information content (AvgIpc) is 2.62. The molecule has 0 saturated carbocycles. The maximum Gasteiger partial charge on any atom is 0.234 e. The van der Waals surface area contributed by atoms with Gasteiger partial charge in [0.15, 0.2) is 0 Å². The van der Waals surface area contributed by atoms with Gasteiger partial charge in [-0.25, -0.2) is 8.42 Å². The highest BCUT2D eigenvalue weighted by Crippen LogP contribution is 2.23. The van der Waals surface area contributed by atoms with Crippen LogP contribution in [0, 0.1) is 0 Å². The lowest BCUT2D eigenvalue weighted by atomic mass is 10.3. The maximum absolute atomic E-state index is 12.6. The van der Waals surface area contributed by atoms with Crippen molar-refractivity contribution in [1.82, 2.24) is 0 Å². The zero-order valence-corrected chi connectivity index (χ0v) is 15.6. The topological polar surface area (TPSA) is 92.3 Å². The molecule has 0 aromatic heterocycles. The van der Waals surface area contributed by atoms with E-state index < -0.39 is 9.84 Å². The summed E-state index contributed by atoms with van der Waals surface area (Å²) >= 11 is 7.71. The molecule has 132 valence electrons. The Kier molecular flexibility index (Phi) is 6.51. The fourth-order valence-electron chi connectivity index (χ4n) is 1.97. The molecule has 2 N–H and O–H groups in total. The van der Waals surface area contributed by atoms with Crippen LogP contribution < -0.4 is 10.6 Å². The van der Waals surface area contributed by atoms with Gasteiger partial charge in [0.05, 0.1) is 21.3 Å². The van der Waals surface area contributed by atoms with Gasteiger partial charge in [-0.2, -0.15) is 25.3 Å². The van der Waals surface area contributed by atoms with Crippen molar-refractivity contribution in [1.29, 1.82) is 0 Å². The second-order valence-corrected chi connectivity index (χ2v) is 7.55. The van der Waals surface area contributed by atoms with Gasteiger partial charge >= 0.3 is 0 Å². The van der Waals surface area contributed by atoms with Gasteiger partial charge in [-0.15, -0.1) is 0 Å². The minimum absolute atomic E-state index is 0.0379. The van der Waals surface area contributed by atoms with Gasteiger partial charge in [-0.1, -0.05) is 0 Å². The highest BCUT2D eigenvalue weighted by atomic mass is 32.2. The smallest absolute Gasteiger partial charge is 0.234 e. The first-order valence-electron chi connectivity index (χ1n) is 7.13. The predicted molar refractivity (Wildman–Crippen MR) is 103 cm³/mol. The number of anilines is 2. The van der Waals surface area contributed by atoms with Crippen molar-refractivity contribution in [3.05, 3.63) is 48.5 Å². The first-order valence-corrected chi connectivity index (χ1v) is 9.88. The number of thiol groups is 2. The molecular formula is C16H16N2O4S3. The second-order valence-electron chi connectivity index (χ2n) is 4.96. The van der Waals surface area contributed by atoms with E-state index in [0.29, 0.717) is 11.4 Å². The molecule has 0 radical (unpaired) electrons. The van der Waals surface area contributed by atoms with Crippen LogP contribution in [-0.2, 0) is 19.4 Å². The van der Waals surface area contributed by atoms with Crippen LogP contribution in [-0.4, -0.2) is 31.7 Å².